The summed E-state index contributed by atoms with van der Waals surface area (Å²) in [5, 5.41) is 0. The van der Waals surface area contributed by atoms with Crippen molar-refractivity contribution in [3.8, 4) is 0 Å². The van der Waals surface area contributed by atoms with Gasteiger partial charge in [0.25, 0.3) is 0 Å². The average Bonchev–Trinajstić information content (AvgIpc) is 2.18. The van der Waals surface area contributed by atoms with Crippen LogP contribution in [0.2, 0.25) is 0 Å². The molecular formula is C11H15F2N. The SMILES string of the molecule is Cc1ccc(F)c(CC(C)CN)c1F. The number of benzene rings is 1. The first-order valence-electron chi connectivity index (χ1n) is 4.69. The highest BCUT2D eigenvalue weighted by Gasteiger charge is 2.13. The molecule has 0 bridgehead atoms. The maximum atomic E-state index is 13.5. The predicted octanol–water partition coefficient (Wildman–Crippen LogP) is 2.41. The molecule has 1 atom stereocenters. The van der Waals surface area contributed by atoms with Gasteiger partial charge in [0, 0.05) is 5.56 Å². The van der Waals surface area contributed by atoms with Gasteiger partial charge in [0.15, 0.2) is 0 Å². The number of hydrogen-bond acceptors (Lipinski definition) is 1. The second-order valence-electron chi connectivity index (χ2n) is 3.70. The lowest BCUT2D eigenvalue weighted by molar-refractivity contribution is 0.508. The largest absolute Gasteiger partial charge is 0.330 e. The molecule has 0 heterocycles. The van der Waals surface area contributed by atoms with Gasteiger partial charge in [-0.3, -0.25) is 0 Å². The highest BCUT2D eigenvalue weighted by molar-refractivity contribution is 5.26. The Labute approximate surface area is 82.9 Å². The number of aryl methyl sites for hydroxylation is 1. The molecule has 1 aromatic rings. The summed E-state index contributed by atoms with van der Waals surface area (Å²) in [7, 11) is 0. The highest BCUT2D eigenvalue weighted by atomic mass is 19.1. The number of rotatable bonds is 3. The van der Waals surface area contributed by atoms with E-state index >= 15 is 0 Å². The second kappa shape index (κ2) is 4.51. The van der Waals surface area contributed by atoms with Crippen LogP contribution in [0.4, 0.5) is 8.78 Å². The Bertz CT molecular complexity index is 323. The van der Waals surface area contributed by atoms with Gasteiger partial charge >= 0.3 is 0 Å². The van der Waals surface area contributed by atoms with Crippen LogP contribution in [0.5, 0.6) is 0 Å². The Morgan fingerprint density at radius 3 is 2.57 bits per heavy atom. The van der Waals surface area contributed by atoms with Gasteiger partial charge < -0.3 is 5.73 Å². The molecule has 0 amide bonds. The van der Waals surface area contributed by atoms with Gasteiger partial charge in [-0.1, -0.05) is 13.0 Å². The van der Waals surface area contributed by atoms with Crippen molar-refractivity contribution < 1.29 is 8.78 Å². The van der Waals surface area contributed by atoms with Crippen molar-refractivity contribution in [1.82, 2.24) is 0 Å². The Morgan fingerprint density at radius 1 is 1.36 bits per heavy atom. The molecule has 0 aliphatic heterocycles. The van der Waals surface area contributed by atoms with Crippen LogP contribution in [0.15, 0.2) is 12.1 Å². The number of hydrogen-bond donors (Lipinski definition) is 1. The van der Waals surface area contributed by atoms with E-state index in [1.165, 1.54) is 12.1 Å². The maximum Gasteiger partial charge on any atom is 0.132 e. The van der Waals surface area contributed by atoms with Crippen LogP contribution < -0.4 is 5.73 Å². The molecule has 0 aliphatic carbocycles. The molecule has 1 unspecified atom stereocenters. The molecule has 0 aromatic heterocycles. The van der Waals surface area contributed by atoms with Gasteiger partial charge in [0.2, 0.25) is 0 Å². The van der Waals surface area contributed by atoms with Crippen LogP contribution >= 0.6 is 0 Å². The second-order valence-corrected chi connectivity index (χ2v) is 3.70. The van der Waals surface area contributed by atoms with Crippen molar-refractivity contribution in [1.29, 1.82) is 0 Å². The van der Waals surface area contributed by atoms with Crippen molar-refractivity contribution >= 4 is 0 Å². The molecule has 0 saturated carbocycles. The number of halogens is 2. The average molecular weight is 199 g/mol. The molecule has 1 rings (SSSR count). The van der Waals surface area contributed by atoms with E-state index in [4.69, 9.17) is 5.73 Å². The third kappa shape index (κ3) is 2.29. The van der Waals surface area contributed by atoms with Gasteiger partial charge in [-0.05, 0) is 37.4 Å². The summed E-state index contributed by atoms with van der Waals surface area (Å²) in [6.07, 6.45) is 0.357. The zero-order chi connectivity index (χ0) is 10.7. The topological polar surface area (TPSA) is 26.0 Å². The fraction of sp³-hybridized carbons (Fsp3) is 0.455. The van der Waals surface area contributed by atoms with Gasteiger partial charge in [-0.2, -0.15) is 0 Å². The van der Waals surface area contributed by atoms with Crippen molar-refractivity contribution in [3.05, 3.63) is 34.9 Å². The monoisotopic (exact) mass is 199 g/mol. The first-order valence-corrected chi connectivity index (χ1v) is 4.69. The first kappa shape index (κ1) is 11.1. The third-order valence-corrected chi connectivity index (χ3v) is 2.33. The van der Waals surface area contributed by atoms with Crippen LogP contribution in [-0.2, 0) is 6.42 Å². The summed E-state index contributed by atoms with van der Waals surface area (Å²) in [4.78, 5) is 0. The van der Waals surface area contributed by atoms with Gasteiger partial charge in [0.05, 0.1) is 0 Å². The van der Waals surface area contributed by atoms with E-state index < -0.39 is 11.6 Å². The molecule has 3 heteroatoms. The lowest BCUT2D eigenvalue weighted by Crippen LogP contribution is -2.15. The predicted molar refractivity (Wildman–Crippen MR) is 53.0 cm³/mol. The summed E-state index contributed by atoms with van der Waals surface area (Å²) >= 11 is 0. The van der Waals surface area contributed by atoms with Crippen LogP contribution in [0, 0.1) is 24.5 Å². The quantitative estimate of drug-likeness (QED) is 0.794. The minimum absolute atomic E-state index is 0.0980. The van der Waals surface area contributed by atoms with Gasteiger partial charge in [-0.25, -0.2) is 8.78 Å². The van der Waals surface area contributed by atoms with Crippen LogP contribution in [0.25, 0.3) is 0 Å². The third-order valence-electron chi connectivity index (χ3n) is 2.33. The van der Waals surface area contributed by atoms with Crippen LogP contribution in [0.3, 0.4) is 0 Å². The molecule has 0 radical (unpaired) electrons. The molecule has 1 aromatic carbocycles. The first-order chi connectivity index (χ1) is 6.56. The van der Waals surface area contributed by atoms with Crippen molar-refractivity contribution in [2.75, 3.05) is 6.54 Å². The van der Waals surface area contributed by atoms with E-state index in [9.17, 15) is 8.78 Å². The fourth-order valence-electron chi connectivity index (χ4n) is 1.33. The molecular weight excluding hydrogens is 184 g/mol. The molecule has 0 aliphatic rings. The molecule has 2 N–H and O–H groups in total. The zero-order valence-electron chi connectivity index (χ0n) is 8.48. The lowest BCUT2D eigenvalue weighted by Gasteiger charge is -2.11. The maximum absolute atomic E-state index is 13.5. The smallest absolute Gasteiger partial charge is 0.132 e. The van der Waals surface area contributed by atoms with Gasteiger partial charge in [-0.15, -0.1) is 0 Å². The molecule has 0 spiro atoms. The van der Waals surface area contributed by atoms with Crippen LogP contribution in [-0.4, -0.2) is 6.54 Å². The van der Waals surface area contributed by atoms with E-state index in [1.54, 1.807) is 6.92 Å². The summed E-state index contributed by atoms with van der Waals surface area (Å²) in [5.74, 6) is -0.820. The normalized spacial score (nSPS) is 12.9. The molecule has 14 heavy (non-hydrogen) atoms. The zero-order valence-corrected chi connectivity index (χ0v) is 8.48. The fourth-order valence-corrected chi connectivity index (χ4v) is 1.33. The van der Waals surface area contributed by atoms with Gasteiger partial charge in [0.1, 0.15) is 11.6 Å². The Hall–Kier alpha value is -0.960. The highest BCUT2D eigenvalue weighted by Crippen LogP contribution is 2.19. The summed E-state index contributed by atoms with van der Waals surface area (Å²) in [6.45, 7) is 3.94. The summed E-state index contributed by atoms with van der Waals surface area (Å²) in [5.41, 5.74) is 6.05. The Balaban J connectivity index is 3.00. The van der Waals surface area contributed by atoms with E-state index in [0.29, 0.717) is 18.5 Å². The molecule has 1 nitrogen and oxygen atoms in total. The molecule has 0 fully saturated rings. The Kier molecular flexibility index (Phi) is 3.58. The van der Waals surface area contributed by atoms with Crippen molar-refractivity contribution in [2.45, 2.75) is 20.3 Å². The van der Waals surface area contributed by atoms with E-state index in [1.807, 2.05) is 6.92 Å². The van der Waals surface area contributed by atoms with Crippen molar-refractivity contribution in [3.63, 3.8) is 0 Å². The summed E-state index contributed by atoms with van der Waals surface area (Å²) in [6, 6.07) is 2.75. The minimum atomic E-state index is -0.478. The number of nitrogens with two attached hydrogens (primary N) is 1. The van der Waals surface area contributed by atoms with E-state index in [2.05, 4.69) is 0 Å². The Morgan fingerprint density at radius 2 is 2.00 bits per heavy atom. The standard InChI is InChI=1S/C11H15F2N/c1-7(6-14)5-9-10(12)4-3-8(2)11(9)13/h3-4,7H,5-6,14H2,1-2H3. The van der Waals surface area contributed by atoms with Crippen LogP contribution in [0.1, 0.15) is 18.1 Å². The van der Waals surface area contributed by atoms with E-state index in [0.717, 1.165) is 0 Å². The molecule has 78 valence electrons. The minimum Gasteiger partial charge on any atom is -0.330 e. The summed E-state index contributed by atoms with van der Waals surface area (Å²) < 4.78 is 26.7. The van der Waals surface area contributed by atoms with E-state index in [-0.39, 0.29) is 11.5 Å². The lowest BCUT2D eigenvalue weighted by atomic mass is 9.98. The van der Waals surface area contributed by atoms with Crippen molar-refractivity contribution in [2.24, 2.45) is 11.7 Å². The molecule has 0 saturated heterocycles.